The topological polar surface area (TPSA) is 57.4 Å². The van der Waals surface area contributed by atoms with Gasteiger partial charge in [-0.3, -0.25) is 4.90 Å². The largest absolute Gasteiger partial charge is 0.387 e. The minimum Gasteiger partial charge on any atom is -0.387 e. The van der Waals surface area contributed by atoms with E-state index in [4.69, 9.17) is 0 Å². The van der Waals surface area contributed by atoms with Crippen molar-refractivity contribution < 1.29 is 5.11 Å². The van der Waals surface area contributed by atoms with Gasteiger partial charge in [0.15, 0.2) is 0 Å². The van der Waals surface area contributed by atoms with Gasteiger partial charge in [-0.15, -0.1) is 5.10 Å². The molecule has 6 nitrogen and oxygen atoms in total. The molecule has 0 bridgehead atoms. The molecule has 3 rings (SSSR count). The highest BCUT2D eigenvalue weighted by atomic mass is 16.3. The fraction of sp³-hybridized carbons (Fsp3) is 0.867. The lowest BCUT2D eigenvalue weighted by atomic mass is 9.99. The van der Waals surface area contributed by atoms with Crippen LogP contribution in [0, 0.1) is 5.92 Å². The number of rotatable bonds is 5. The molecule has 0 aliphatic carbocycles. The van der Waals surface area contributed by atoms with Crippen LogP contribution in [0.5, 0.6) is 0 Å². The van der Waals surface area contributed by atoms with E-state index >= 15 is 0 Å². The standard InChI is InChI=1S/C15H27N5O/c1-14-2-6-18(7-3-14)10-11-19-8-4-15(21,12-19)13-20-9-5-16-17-20/h5,9,14,21H,2-4,6-8,10-13H2,1H3. The Bertz CT molecular complexity index is 429. The zero-order valence-electron chi connectivity index (χ0n) is 13.0. The second-order valence-electron chi connectivity index (χ2n) is 6.88. The van der Waals surface area contributed by atoms with Crippen LogP contribution in [-0.4, -0.2) is 74.8 Å². The molecule has 1 aromatic heterocycles. The molecule has 118 valence electrons. The normalized spacial score (nSPS) is 29.2. The maximum atomic E-state index is 10.7. The number of hydrogen-bond donors (Lipinski definition) is 1. The van der Waals surface area contributed by atoms with Gasteiger partial charge in [-0.25, -0.2) is 4.68 Å². The van der Waals surface area contributed by atoms with E-state index in [-0.39, 0.29) is 0 Å². The van der Waals surface area contributed by atoms with E-state index in [2.05, 4.69) is 27.0 Å². The molecule has 3 heterocycles. The highest BCUT2D eigenvalue weighted by Crippen LogP contribution is 2.23. The van der Waals surface area contributed by atoms with Gasteiger partial charge in [0.05, 0.1) is 18.3 Å². The number of hydrogen-bond acceptors (Lipinski definition) is 5. The van der Waals surface area contributed by atoms with Gasteiger partial charge in [0.25, 0.3) is 0 Å². The lowest BCUT2D eigenvalue weighted by Crippen LogP contribution is -2.41. The van der Waals surface area contributed by atoms with Crippen LogP contribution in [0.3, 0.4) is 0 Å². The van der Waals surface area contributed by atoms with Crippen molar-refractivity contribution in [3.63, 3.8) is 0 Å². The molecule has 2 aliphatic rings. The first-order valence-corrected chi connectivity index (χ1v) is 8.14. The number of nitrogens with zero attached hydrogens (tertiary/aromatic N) is 5. The van der Waals surface area contributed by atoms with Crippen molar-refractivity contribution in [2.45, 2.75) is 38.3 Å². The van der Waals surface area contributed by atoms with Crippen molar-refractivity contribution in [1.82, 2.24) is 24.8 Å². The molecule has 21 heavy (non-hydrogen) atoms. The SMILES string of the molecule is CC1CCN(CCN2CCC(O)(Cn3ccnn3)C2)CC1. The van der Waals surface area contributed by atoms with E-state index < -0.39 is 5.60 Å². The van der Waals surface area contributed by atoms with Crippen LogP contribution in [0.1, 0.15) is 26.2 Å². The van der Waals surface area contributed by atoms with Crippen LogP contribution in [0.15, 0.2) is 12.4 Å². The van der Waals surface area contributed by atoms with Crippen LogP contribution < -0.4 is 0 Å². The number of β-amino-alcohol motifs (C(OH)–C–C–N with tert-alkyl or cyclic N) is 1. The summed E-state index contributed by atoms with van der Waals surface area (Å²) in [6, 6.07) is 0. The van der Waals surface area contributed by atoms with E-state index in [1.54, 1.807) is 10.9 Å². The third-order valence-electron chi connectivity index (χ3n) is 4.95. The van der Waals surface area contributed by atoms with Gasteiger partial charge < -0.3 is 10.0 Å². The highest BCUT2D eigenvalue weighted by Gasteiger charge is 2.36. The van der Waals surface area contributed by atoms with Crippen LogP contribution in [-0.2, 0) is 6.54 Å². The molecule has 0 spiro atoms. The fourth-order valence-electron chi connectivity index (χ4n) is 3.45. The maximum absolute atomic E-state index is 10.7. The molecule has 0 amide bonds. The minimum absolute atomic E-state index is 0.546. The molecule has 6 heteroatoms. The first kappa shape index (κ1) is 14.9. The Morgan fingerprint density at radius 1 is 1.19 bits per heavy atom. The van der Waals surface area contributed by atoms with Gasteiger partial charge in [-0.1, -0.05) is 12.1 Å². The summed E-state index contributed by atoms with van der Waals surface area (Å²) in [6.45, 7) is 9.29. The van der Waals surface area contributed by atoms with Gasteiger partial charge in [0.2, 0.25) is 0 Å². The van der Waals surface area contributed by atoms with E-state index in [0.29, 0.717) is 6.54 Å². The highest BCUT2D eigenvalue weighted by molar-refractivity contribution is 4.90. The summed E-state index contributed by atoms with van der Waals surface area (Å²) in [5, 5.41) is 18.4. The summed E-state index contributed by atoms with van der Waals surface area (Å²) in [5.41, 5.74) is -0.649. The minimum atomic E-state index is -0.649. The first-order valence-electron chi connectivity index (χ1n) is 8.14. The fourth-order valence-corrected chi connectivity index (χ4v) is 3.45. The van der Waals surface area contributed by atoms with Crippen molar-refractivity contribution in [2.75, 3.05) is 39.3 Å². The van der Waals surface area contributed by atoms with Gasteiger partial charge >= 0.3 is 0 Å². The van der Waals surface area contributed by atoms with Gasteiger partial charge in [0, 0.05) is 32.4 Å². The average Bonchev–Trinajstić information content (AvgIpc) is 3.09. The van der Waals surface area contributed by atoms with Crippen molar-refractivity contribution in [2.24, 2.45) is 5.92 Å². The lowest BCUT2D eigenvalue weighted by molar-refractivity contribution is 0.0269. The van der Waals surface area contributed by atoms with Crippen molar-refractivity contribution in [3.8, 4) is 0 Å². The van der Waals surface area contributed by atoms with Gasteiger partial charge in [-0.2, -0.15) is 0 Å². The number of aliphatic hydroxyl groups is 1. The predicted octanol–water partition coefficient (Wildman–Crippen LogP) is 0.447. The molecule has 2 saturated heterocycles. The molecule has 0 saturated carbocycles. The molecule has 0 radical (unpaired) electrons. The Kier molecular flexibility index (Phi) is 4.57. The Labute approximate surface area is 126 Å². The van der Waals surface area contributed by atoms with Crippen LogP contribution >= 0.6 is 0 Å². The summed E-state index contributed by atoms with van der Waals surface area (Å²) in [4.78, 5) is 4.95. The van der Waals surface area contributed by atoms with Crippen LogP contribution in [0.4, 0.5) is 0 Å². The van der Waals surface area contributed by atoms with Crippen molar-refractivity contribution >= 4 is 0 Å². The second-order valence-corrected chi connectivity index (χ2v) is 6.88. The summed E-state index contributed by atoms with van der Waals surface area (Å²) in [7, 11) is 0. The Morgan fingerprint density at radius 3 is 2.67 bits per heavy atom. The summed E-state index contributed by atoms with van der Waals surface area (Å²) in [6.07, 6.45) is 6.96. The van der Waals surface area contributed by atoms with Crippen LogP contribution in [0.2, 0.25) is 0 Å². The Hall–Kier alpha value is -0.980. The molecule has 1 N–H and O–H groups in total. The molecule has 1 atom stereocenters. The Morgan fingerprint density at radius 2 is 1.95 bits per heavy atom. The molecular formula is C15H27N5O. The Balaban J connectivity index is 1.42. The van der Waals surface area contributed by atoms with Crippen molar-refractivity contribution in [3.05, 3.63) is 12.4 Å². The van der Waals surface area contributed by atoms with Crippen molar-refractivity contribution in [1.29, 1.82) is 0 Å². The molecule has 0 aromatic carbocycles. The molecule has 1 unspecified atom stereocenters. The average molecular weight is 293 g/mol. The molecule has 2 fully saturated rings. The molecule has 2 aliphatic heterocycles. The summed E-state index contributed by atoms with van der Waals surface area (Å²) >= 11 is 0. The smallest absolute Gasteiger partial charge is 0.0981 e. The predicted molar refractivity (Wildman–Crippen MR) is 80.9 cm³/mol. The van der Waals surface area contributed by atoms with E-state index in [1.807, 2.05) is 6.20 Å². The maximum Gasteiger partial charge on any atom is 0.0981 e. The molecular weight excluding hydrogens is 266 g/mol. The van der Waals surface area contributed by atoms with E-state index in [0.717, 1.165) is 38.5 Å². The number of likely N-dealkylation sites (tertiary alicyclic amines) is 2. The van der Waals surface area contributed by atoms with Gasteiger partial charge in [-0.05, 0) is 38.3 Å². The zero-order chi connectivity index (χ0) is 14.7. The zero-order valence-corrected chi connectivity index (χ0v) is 13.0. The van der Waals surface area contributed by atoms with E-state index in [9.17, 15) is 5.11 Å². The lowest BCUT2D eigenvalue weighted by Gasteiger charge is -2.31. The summed E-state index contributed by atoms with van der Waals surface area (Å²) < 4.78 is 1.73. The third kappa shape index (κ3) is 4.02. The number of aromatic nitrogens is 3. The van der Waals surface area contributed by atoms with E-state index in [1.165, 1.54) is 25.9 Å². The summed E-state index contributed by atoms with van der Waals surface area (Å²) in [5.74, 6) is 0.890. The third-order valence-corrected chi connectivity index (χ3v) is 4.95. The first-order chi connectivity index (χ1) is 10.1. The number of piperidine rings is 1. The second kappa shape index (κ2) is 6.42. The van der Waals surface area contributed by atoms with Gasteiger partial charge in [0.1, 0.15) is 0 Å². The monoisotopic (exact) mass is 293 g/mol. The molecule has 1 aromatic rings. The quantitative estimate of drug-likeness (QED) is 0.854. The van der Waals surface area contributed by atoms with Crippen LogP contribution in [0.25, 0.3) is 0 Å².